The lowest BCUT2D eigenvalue weighted by molar-refractivity contribution is 0.463. The van der Waals surface area contributed by atoms with Crippen LogP contribution in [0.2, 0.25) is 5.02 Å². The molecule has 1 aromatic carbocycles. The van der Waals surface area contributed by atoms with E-state index in [9.17, 15) is 0 Å². The number of nitrogen functional groups attached to an aromatic ring is 1. The molecule has 0 atom stereocenters. The summed E-state index contributed by atoms with van der Waals surface area (Å²) in [6, 6.07) is 4.49. The largest absolute Gasteiger partial charge is 0.398 e. The van der Waals surface area contributed by atoms with Crippen molar-refractivity contribution in [3.8, 4) is 0 Å². The van der Waals surface area contributed by atoms with E-state index < -0.39 is 0 Å². The normalized spacial score (nSPS) is 17.4. The van der Waals surface area contributed by atoms with Gasteiger partial charge in [-0.15, -0.1) is 0 Å². The highest BCUT2D eigenvalue weighted by molar-refractivity contribution is 6.34. The number of anilines is 2. The first-order valence-corrected chi connectivity index (χ1v) is 6.37. The lowest BCUT2D eigenvalue weighted by Gasteiger charge is -2.24. The molecule has 16 heavy (non-hydrogen) atoms. The zero-order chi connectivity index (χ0) is 11.5. The summed E-state index contributed by atoms with van der Waals surface area (Å²) in [4.78, 5) is 0. The summed E-state index contributed by atoms with van der Waals surface area (Å²) in [5.74, 6) is 0. The highest BCUT2D eigenvalue weighted by atomic mass is 35.5. The molecule has 2 rings (SSSR count). The van der Waals surface area contributed by atoms with Gasteiger partial charge in [-0.2, -0.15) is 0 Å². The predicted molar refractivity (Wildman–Crippen MR) is 71.1 cm³/mol. The first-order chi connectivity index (χ1) is 7.68. The smallest absolute Gasteiger partial charge is 0.0687 e. The fraction of sp³-hybridized carbons (Fsp3) is 0.538. The van der Waals surface area contributed by atoms with Crippen LogP contribution in [0.15, 0.2) is 12.1 Å². The van der Waals surface area contributed by atoms with Crippen molar-refractivity contribution in [3.63, 3.8) is 0 Å². The Morgan fingerprint density at radius 1 is 1.25 bits per heavy atom. The van der Waals surface area contributed by atoms with Gasteiger partial charge in [0.25, 0.3) is 0 Å². The second-order valence-electron chi connectivity index (χ2n) is 4.62. The van der Waals surface area contributed by atoms with Gasteiger partial charge in [0.2, 0.25) is 0 Å². The van der Waals surface area contributed by atoms with Crippen molar-refractivity contribution in [2.24, 2.45) is 0 Å². The molecule has 1 fully saturated rings. The predicted octanol–water partition coefficient (Wildman–Crippen LogP) is 3.98. The van der Waals surface area contributed by atoms with E-state index in [1.807, 2.05) is 19.1 Å². The standard InChI is InChI=1S/C13H19ClN2/c1-9-11(15)7-8-12(13(9)14)16-10-5-3-2-4-6-10/h7-8,10,16H,2-6,15H2,1H3. The molecule has 1 saturated carbocycles. The SMILES string of the molecule is Cc1c(N)ccc(NC2CCCCC2)c1Cl. The van der Waals surface area contributed by atoms with E-state index >= 15 is 0 Å². The molecule has 0 radical (unpaired) electrons. The van der Waals surface area contributed by atoms with Crippen LogP contribution in [0.4, 0.5) is 11.4 Å². The molecular formula is C13H19ClN2. The van der Waals surface area contributed by atoms with Crippen molar-refractivity contribution in [3.05, 3.63) is 22.7 Å². The van der Waals surface area contributed by atoms with Gasteiger partial charge in [0.05, 0.1) is 10.7 Å². The molecular weight excluding hydrogens is 220 g/mol. The lowest BCUT2D eigenvalue weighted by Crippen LogP contribution is -2.22. The van der Waals surface area contributed by atoms with E-state index in [2.05, 4.69) is 5.32 Å². The molecule has 0 saturated heterocycles. The summed E-state index contributed by atoms with van der Waals surface area (Å²) in [5.41, 5.74) is 8.58. The van der Waals surface area contributed by atoms with Crippen LogP contribution in [0.1, 0.15) is 37.7 Å². The molecule has 1 aliphatic rings. The van der Waals surface area contributed by atoms with E-state index in [0.717, 1.165) is 22.0 Å². The Labute approximate surface area is 102 Å². The van der Waals surface area contributed by atoms with Gasteiger partial charge in [-0.05, 0) is 37.5 Å². The molecule has 1 aliphatic carbocycles. The summed E-state index contributed by atoms with van der Waals surface area (Å²) in [6.45, 7) is 1.96. The minimum Gasteiger partial charge on any atom is -0.398 e. The number of hydrogen-bond donors (Lipinski definition) is 2. The van der Waals surface area contributed by atoms with Gasteiger partial charge in [0, 0.05) is 11.7 Å². The van der Waals surface area contributed by atoms with Crippen molar-refractivity contribution in [1.82, 2.24) is 0 Å². The van der Waals surface area contributed by atoms with Gasteiger partial charge in [0.15, 0.2) is 0 Å². The topological polar surface area (TPSA) is 38.0 Å². The molecule has 3 heteroatoms. The average molecular weight is 239 g/mol. The summed E-state index contributed by atoms with van der Waals surface area (Å²) in [5, 5.41) is 4.30. The molecule has 2 nitrogen and oxygen atoms in total. The van der Waals surface area contributed by atoms with Crippen LogP contribution in [-0.2, 0) is 0 Å². The monoisotopic (exact) mass is 238 g/mol. The van der Waals surface area contributed by atoms with E-state index in [-0.39, 0.29) is 0 Å². The fourth-order valence-electron chi connectivity index (χ4n) is 2.28. The lowest BCUT2D eigenvalue weighted by atomic mass is 9.95. The van der Waals surface area contributed by atoms with Crippen LogP contribution in [-0.4, -0.2) is 6.04 Å². The molecule has 0 heterocycles. The van der Waals surface area contributed by atoms with Crippen LogP contribution in [0, 0.1) is 6.92 Å². The maximum Gasteiger partial charge on any atom is 0.0687 e. The molecule has 88 valence electrons. The number of hydrogen-bond acceptors (Lipinski definition) is 2. The summed E-state index contributed by atoms with van der Waals surface area (Å²) < 4.78 is 0. The molecule has 0 aliphatic heterocycles. The van der Waals surface area contributed by atoms with Crippen molar-refractivity contribution in [2.45, 2.75) is 45.1 Å². The Bertz CT molecular complexity index is 370. The Hall–Kier alpha value is -0.890. The zero-order valence-corrected chi connectivity index (χ0v) is 10.5. The Balaban J connectivity index is 2.11. The highest BCUT2D eigenvalue weighted by Gasteiger charge is 2.15. The molecule has 0 bridgehead atoms. The maximum atomic E-state index is 6.28. The van der Waals surface area contributed by atoms with Crippen LogP contribution in [0.5, 0.6) is 0 Å². The zero-order valence-electron chi connectivity index (χ0n) is 9.72. The minimum absolute atomic E-state index is 0.578. The van der Waals surface area contributed by atoms with Gasteiger partial charge in [-0.25, -0.2) is 0 Å². The molecule has 0 spiro atoms. The quantitative estimate of drug-likeness (QED) is 0.765. The summed E-state index contributed by atoms with van der Waals surface area (Å²) in [6.07, 6.45) is 6.51. The third-order valence-corrected chi connectivity index (χ3v) is 3.88. The molecule has 1 aromatic rings. The van der Waals surface area contributed by atoms with Crippen LogP contribution in [0.25, 0.3) is 0 Å². The van der Waals surface area contributed by atoms with Crippen molar-refractivity contribution >= 4 is 23.0 Å². The van der Waals surface area contributed by atoms with Crippen molar-refractivity contribution < 1.29 is 0 Å². The van der Waals surface area contributed by atoms with Gasteiger partial charge >= 0.3 is 0 Å². The fourth-order valence-corrected chi connectivity index (χ4v) is 2.50. The van der Waals surface area contributed by atoms with Crippen LogP contribution >= 0.6 is 11.6 Å². The Morgan fingerprint density at radius 3 is 2.62 bits per heavy atom. The number of nitrogens with two attached hydrogens (primary N) is 1. The van der Waals surface area contributed by atoms with Gasteiger partial charge in [-0.1, -0.05) is 30.9 Å². The van der Waals surface area contributed by atoms with Gasteiger partial charge in [0.1, 0.15) is 0 Å². The van der Waals surface area contributed by atoms with E-state index in [0.29, 0.717) is 6.04 Å². The van der Waals surface area contributed by atoms with Crippen molar-refractivity contribution in [2.75, 3.05) is 11.1 Å². The van der Waals surface area contributed by atoms with Crippen LogP contribution in [0.3, 0.4) is 0 Å². The highest BCUT2D eigenvalue weighted by Crippen LogP contribution is 2.31. The third-order valence-electron chi connectivity index (χ3n) is 3.39. The second kappa shape index (κ2) is 4.96. The molecule has 0 amide bonds. The van der Waals surface area contributed by atoms with E-state index in [1.54, 1.807) is 0 Å². The van der Waals surface area contributed by atoms with Gasteiger partial charge in [-0.3, -0.25) is 0 Å². The molecule has 0 aromatic heterocycles. The minimum atomic E-state index is 0.578. The molecule has 3 N–H and O–H groups in total. The van der Waals surface area contributed by atoms with E-state index in [4.69, 9.17) is 17.3 Å². The third kappa shape index (κ3) is 2.43. The summed E-state index contributed by atoms with van der Waals surface area (Å²) in [7, 11) is 0. The number of nitrogens with one attached hydrogen (secondary N) is 1. The van der Waals surface area contributed by atoms with E-state index in [1.165, 1.54) is 32.1 Å². The number of benzene rings is 1. The van der Waals surface area contributed by atoms with Crippen molar-refractivity contribution in [1.29, 1.82) is 0 Å². The maximum absolute atomic E-state index is 6.28. The summed E-state index contributed by atoms with van der Waals surface area (Å²) >= 11 is 6.28. The second-order valence-corrected chi connectivity index (χ2v) is 5.00. The average Bonchev–Trinajstić information content (AvgIpc) is 2.31. The number of rotatable bonds is 2. The first kappa shape index (κ1) is 11.6. The molecule has 0 unspecified atom stereocenters. The first-order valence-electron chi connectivity index (χ1n) is 5.99. The number of halogens is 1. The van der Waals surface area contributed by atoms with Gasteiger partial charge < -0.3 is 11.1 Å². The Kier molecular flexibility index (Phi) is 3.59. The van der Waals surface area contributed by atoms with Crippen LogP contribution < -0.4 is 11.1 Å². The Morgan fingerprint density at radius 2 is 1.94 bits per heavy atom.